The number of rotatable bonds is 7. The summed E-state index contributed by atoms with van der Waals surface area (Å²) in [5.74, 6) is -2.51. The van der Waals surface area contributed by atoms with Gasteiger partial charge in [0.15, 0.2) is 0 Å². The molecule has 2 aliphatic heterocycles. The third-order valence-electron chi connectivity index (χ3n) is 7.45. The van der Waals surface area contributed by atoms with Gasteiger partial charge in [0.2, 0.25) is 17.7 Å². The molecule has 1 N–H and O–H groups in total. The standard InChI is InChI=1S/C30H24N4O7S2/c1-16-6-5-7-17(14-16)31-22(35)15-32-29-26(43-30(32)38)23(20-8-3-4-9-21(20)41-2)24-25(42-29)28(37)33(27(24)36)18-10-12-19(13-11-18)34(39)40/h3-14,23-25H,15H2,1-2H3,(H,31,35)/t23-,24-,25+/m0/s1. The summed E-state index contributed by atoms with van der Waals surface area (Å²) in [6.07, 6.45) is 0. The molecule has 1 fully saturated rings. The summed E-state index contributed by atoms with van der Waals surface area (Å²) in [6, 6.07) is 19.6. The molecule has 0 spiro atoms. The smallest absolute Gasteiger partial charge is 0.308 e. The number of benzene rings is 3. The summed E-state index contributed by atoms with van der Waals surface area (Å²) in [5.41, 5.74) is 2.23. The van der Waals surface area contributed by atoms with Crippen molar-refractivity contribution < 1.29 is 24.0 Å². The first-order valence-electron chi connectivity index (χ1n) is 13.2. The van der Waals surface area contributed by atoms with Crippen molar-refractivity contribution in [2.24, 2.45) is 5.92 Å². The van der Waals surface area contributed by atoms with Crippen LogP contribution in [0.15, 0.2) is 82.6 Å². The number of hydrogen-bond acceptors (Lipinski definition) is 9. The van der Waals surface area contributed by atoms with Crippen LogP contribution >= 0.6 is 23.1 Å². The number of thioether (sulfide) groups is 1. The van der Waals surface area contributed by atoms with Crippen LogP contribution in [0.1, 0.15) is 21.9 Å². The highest BCUT2D eigenvalue weighted by atomic mass is 32.2. The van der Waals surface area contributed by atoms with E-state index in [1.165, 1.54) is 35.9 Å². The van der Waals surface area contributed by atoms with Crippen LogP contribution in [0, 0.1) is 23.0 Å². The number of carbonyl (C=O) groups excluding carboxylic acids is 3. The molecule has 0 saturated carbocycles. The number of carbonyl (C=O) groups is 3. The van der Waals surface area contributed by atoms with Crippen molar-refractivity contribution in [3.05, 3.63) is 109 Å². The lowest BCUT2D eigenvalue weighted by Gasteiger charge is -2.31. The molecule has 1 saturated heterocycles. The van der Waals surface area contributed by atoms with Crippen LogP contribution in [0.3, 0.4) is 0 Å². The van der Waals surface area contributed by atoms with Crippen LogP contribution in [-0.4, -0.2) is 39.6 Å². The van der Waals surface area contributed by atoms with Crippen molar-refractivity contribution in [2.45, 2.75) is 29.7 Å². The fourth-order valence-electron chi connectivity index (χ4n) is 5.56. The Bertz CT molecular complexity index is 1850. The lowest BCUT2D eigenvalue weighted by atomic mass is 9.82. The quantitative estimate of drug-likeness (QED) is 0.181. The highest BCUT2D eigenvalue weighted by molar-refractivity contribution is 8.00. The molecule has 4 aromatic rings. The lowest BCUT2D eigenvalue weighted by Crippen LogP contribution is -2.33. The van der Waals surface area contributed by atoms with Gasteiger partial charge in [-0.3, -0.25) is 33.9 Å². The zero-order valence-corrected chi connectivity index (χ0v) is 24.5. The van der Waals surface area contributed by atoms with Crippen LogP contribution in [-0.2, 0) is 20.9 Å². The van der Waals surface area contributed by atoms with Gasteiger partial charge in [0, 0.05) is 34.2 Å². The Hall–Kier alpha value is -4.75. The SMILES string of the molecule is COc1ccccc1[C@@H]1c2sc(=O)n(CC(=O)Nc3cccc(C)c3)c2S[C@H]2C(=O)N(c3ccc([N+](=O)[O-])cc3)C(=O)[C@@H]12. The summed E-state index contributed by atoms with van der Waals surface area (Å²) in [7, 11) is 1.50. The fourth-order valence-corrected chi connectivity index (χ4v) is 8.32. The highest BCUT2D eigenvalue weighted by Gasteiger charge is 2.57. The largest absolute Gasteiger partial charge is 0.496 e. The normalized spacial score (nSPS) is 19.1. The molecule has 43 heavy (non-hydrogen) atoms. The van der Waals surface area contributed by atoms with Crippen LogP contribution in [0.4, 0.5) is 17.1 Å². The van der Waals surface area contributed by atoms with Crippen LogP contribution in [0.2, 0.25) is 0 Å². The third kappa shape index (κ3) is 5.00. The summed E-state index contributed by atoms with van der Waals surface area (Å²) in [5, 5.41) is 13.5. The van der Waals surface area contributed by atoms with Gasteiger partial charge in [-0.2, -0.15) is 0 Å². The molecule has 0 radical (unpaired) electrons. The van der Waals surface area contributed by atoms with E-state index in [1.807, 2.05) is 25.1 Å². The minimum atomic E-state index is -0.912. The Labute approximate surface area is 253 Å². The first-order chi connectivity index (χ1) is 20.7. The molecule has 0 bridgehead atoms. The number of thiazole rings is 1. The average molecular weight is 617 g/mol. The molecule has 3 heterocycles. The number of nitrogens with one attached hydrogen (secondary N) is 1. The van der Waals surface area contributed by atoms with Gasteiger partial charge in [-0.15, -0.1) is 0 Å². The Kier molecular flexibility index (Phi) is 7.36. The van der Waals surface area contributed by atoms with E-state index in [4.69, 9.17) is 4.74 Å². The number of hydrogen-bond donors (Lipinski definition) is 1. The van der Waals surface area contributed by atoms with E-state index in [1.54, 1.807) is 30.3 Å². The molecule has 13 heteroatoms. The number of fused-ring (bicyclic) bond motifs is 2. The minimum Gasteiger partial charge on any atom is -0.496 e. The number of nitrogens with zero attached hydrogens (tertiary/aromatic N) is 3. The maximum Gasteiger partial charge on any atom is 0.308 e. The van der Waals surface area contributed by atoms with Crippen molar-refractivity contribution in [1.82, 2.24) is 4.57 Å². The molecule has 11 nitrogen and oxygen atoms in total. The molecule has 0 unspecified atom stereocenters. The lowest BCUT2D eigenvalue weighted by molar-refractivity contribution is -0.384. The zero-order valence-electron chi connectivity index (χ0n) is 22.9. The number of aromatic nitrogens is 1. The fraction of sp³-hybridized carbons (Fsp3) is 0.200. The van der Waals surface area contributed by atoms with E-state index in [0.717, 1.165) is 33.6 Å². The molecule has 3 amide bonds. The van der Waals surface area contributed by atoms with Gasteiger partial charge in [0.25, 0.3) is 5.69 Å². The number of methoxy groups -OCH3 is 1. The third-order valence-corrected chi connectivity index (χ3v) is 10.0. The molecular formula is C30H24N4O7S2. The second-order valence-electron chi connectivity index (χ2n) is 10.1. The van der Waals surface area contributed by atoms with Crippen molar-refractivity contribution in [2.75, 3.05) is 17.3 Å². The number of non-ortho nitro benzene ring substituents is 1. The van der Waals surface area contributed by atoms with Crippen molar-refractivity contribution in [3.63, 3.8) is 0 Å². The minimum absolute atomic E-state index is 0.170. The molecule has 3 atom stereocenters. The zero-order chi connectivity index (χ0) is 30.4. The number of aryl methyl sites for hydroxylation is 1. The number of ether oxygens (including phenoxy) is 1. The molecule has 6 rings (SSSR count). The number of amides is 3. The Morgan fingerprint density at radius 3 is 2.47 bits per heavy atom. The summed E-state index contributed by atoms with van der Waals surface area (Å²) < 4.78 is 6.97. The predicted molar refractivity (Wildman–Crippen MR) is 162 cm³/mol. The van der Waals surface area contributed by atoms with Gasteiger partial charge in [-0.05, 0) is 42.8 Å². The van der Waals surface area contributed by atoms with Crippen LogP contribution in [0.5, 0.6) is 5.75 Å². The molecule has 1 aromatic heterocycles. The Morgan fingerprint density at radius 2 is 1.77 bits per heavy atom. The van der Waals surface area contributed by atoms with Crippen molar-refractivity contribution in [1.29, 1.82) is 0 Å². The van der Waals surface area contributed by atoms with E-state index in [-0.39, 0.29) is 22.8 Å². The van der Waals surface area contributed by atoms with Gasteiger partial charge >= 0.3 is 4.87 Å². The van der Waals surface area contributed by atoms with Crippen molar-refractivity contribution >= 4 is 57.9 Å². The maximum atomic E-state index is 14.0. The van der Waals surface area contributed by atoms with Gasteiger partial charge in [-0.1, -0.05) is 53.4 Å². The molecule has 0 aliphatic carbocycles. The van der Waals surface area contributed by atoms with Gasteiger partial charge < -0.3 is 10.1 Å². The molecular weight excluding hydrogens is 592 g/mol. The number of nitro groups is 1. The number of imide groups is 1. The number of nitro benzene ring substituents is 1. The summed E-state index contributed by atoms with van der Waals surface area (Å²) >= 11 is 2.03. The second kappa shape index (κ2) is 11.2. The van der Waals surface area contributed by atoms with E-state index >= 15 is 0 Å². The van der Waals surface area contributed by atoms with Crippen LogP contribution in [0.25, 0.3) is 0 Å². The van der Waals surface area contributed by atoms with E-state index in [0.29, 0.717) is 26.9 Å². The topological polar surface area (TPSA) is 141 Å². The molecule has 2 aliphatic rings. The highest BCUT2D eigenvalue weighted by Crippen LogP contribution is 2.55. The number of para-hydroxylation sites is 1. The first-order valence-corrected chi connectivity index (χ1v) is 14.9. The molecule has 218 valence electrons. The summed E-state index contributed by atoms with van der Waals surface area (Å²) in [6.45, 7) is 1.62. The predicted octanol–water partition coefficient (Wildman–Crippen LogP) is 4.57. The Morgan fingerprint density at radius 1 is 1.02 bits per heavy atom. The van der Waals surface area contributed by atoms with E-state index in [9.17, 15) is 29.3 Å². The van der Waals surface area contributed by atoms with Crippen molar-refractivity contribution in [3.8, 4) is 5.75 Å². The van der Waals surface area contributed by atoms with Gasteiger partial charge in [0.1, 0.15) is 17.5 Å². The van der Waals surface area contributed by atoms with Crippen LogP contribution < -0.4 is 19.8 Å². The Balaban J connectivity index is 1.42. The monoisotopic (exact) mass is 616 g/mol. The molecule has 3 aromatic carbocycles. The van der Waals surface area contributed by atoms with E-state index < -0.39 is 39.7 Å². The van der Waals surface area contributed by atoms with Gasteiger partial charge in [-0.25, -0.2) is 4.90 Å². The van der Waals surface area contributed by atoms with Gasteiger partial charge in [0.05, 0.1) is 28.7 Å². The average Bonchev–Trinajstić information content (AvgIpc) is 3.43. The van der Waals surface area contributed by atoms with E-state index in [2.05, 4.69) is 5.32 Å². The second-order valence-corrected chi connectivity index (χ2v) is 12.2. The number of anilines is 2. The first kappa shape index (κ1) is 28.4. The maximum absolute atomic E-state index is 14.0. The summed E-state index contributed by atoms with van der Waals surface area (Å²) in [4.78, 5) is 66.2.